The van der Waals surface area contributed by atoms with Gasteiger partial charge in [0.15, 0.2) is 0 Å². The number of benzene rings is 1. The van der Waals surface area contributed by atoms with Gasteiger partial charge in [0, 0.05) is 17.8 Å². The summed E-state index contributed by atoms with van der Waals surface area (Å²) < 4.78 is 5.99. The number of pyridine rings is 1. The number of hydrogen-bond donors (Lipinski definition) is 1. The van der Waals surface area contributed by atoms with E-state index < -0.39 is 0 Å². The lowest BCUT2D eigenvalue weighted by Crippen LogP contribution is -2.05. The van der Waals surface area contributed by atoms with Gasteiger partial charge in [-0.1, -0.05) is 25.1 Å². The Morgan fingerprint density at radius 3 is 2.63 bits per heavy atom. The summed E-state index contributed by atoms with van der Waals surface area (Å²) in [5.74, 6) is 1.48. The van der Waals surface area contributed by atoms with Crippen molar-refractivity contribution in [3.63, 3.8) is 0 Å². The number of ether oxygens (including phenoxy) is 1. The molecule has 100 valence electrons. The van der Waals surface area contributed by atoms with Crippen LogP contribution in [0.5, 0.6) is 11.6 Å². The van der Waals surface area contributed by atoms with E-state index in [0.29, 0.717) is 12.4 Å². The van der Waals surface area contributed by atoms with Gasteiger partial charge in [-0.05, 0) is 43.5 Å². The van der Waals surface area contributed by atoms with Crippen LogP contribution in [0.3, 0.4) is 0 Å². The summed E-state index contributed by atoms with van der Waals surface area (Å²) in [7, 11) is 0. The topological polar surface area (TPSA) is 48.1 Å². The second-order valence-corrected chi connectivity index (χ2v) is 4.63. The molecule has 0 saturated carbocycles. The molecule has 0 fully saturated rings. The SMILES string of the molecule is CCc1ccccc1Oc1nc(C)cc(C)c1CN. The monoisotopic (exact) mass is 256 g/mol. The van der Waals surface area contributed by atoms with Crippen LogP contribution in [0.2, 0.25) is 0 Å². The van der Waals surface area contributed by atoms with Crippen LogP contribution in [0.1, 0.15) is 29.3 Å². The van der Waals surface area contributed by atoms with Gasteiger partial charge < -0.3 is 10.5 Å². The molecule has 0 atom stereocenters. The molecule has 2 rings (SSSR count). The van der Waals surface area contributed by atoms with Crippen LogP contribution in [0, 0.1) is 13.8 Å². The molecule has 2 N–H and O–H groups in total. The zero-order valence-electron chi connectivity index (χ0n) is 11.7. The van der Waals surface area contributed by atoms with Crippen molar-refractivity contribution in [2.24, 2.45) is 5.73 Å². The average molecular weight is 256 g/mol. The van der Waals surface area contributed by atoms with Crippen LogP contribution in [-0.4, -0.2) is 4.98 Å². The Morgan fingerprint density at radius 2 is 1.95 bits per heavy atom. The zero-order chi connectivity index (χ0) is 13.8. The van der Waals surface area contributed by atoms with E-state index in [2.05, 4.69) is 18.0 Å². The van der Waals surface area contributed by atoms with Gasteiger partial charge in [-0.3, -0.25) is 0 Å². The Hall–Kier alpha value is -1.87. The van der Waals surface area contributed by atoms with Crippen molar-refractivity contribution in [2.45, 2.75) is 33.7 Å². The Bertz CT molecular complexity index is 579. The molecule has 19 heavy (non-hydrogen) atoms. The van der Waals surface area contributed by atoms with Crippen molar-refractivity contribution in [3.05, 3.63) is 52.7 Å². The third-order valence-electron chi connectivity index (χ3n) is 3.20. The fourth-order valence-corrected chi connectivity index (χ4v) is 2.16. The molecule has 1 aromatic carbocycles. The van der Waals surface area contributed by atoms with E-state index in [0.717, 1.165) is 29.0 Å². The number of nitrogens with zero attached hydrogens (tertiary/aromatic N) is 1. The van der Waals surface area contributed by atoms with Crippen molar-refractivity contribution in [3.8, 4) is 11.6 Å². The van der Waals surface area contributed by atoms with Gasteiger partial charge in [0.1, 0.15) is 5.75 Å². The molecular formula is C16H20N2O. The van der Waals surface area contributed by atoms with Gasteiger partial charge >= 0.3 is 0 Å². The second kappa shape index (κ2) is 5.85. The predicted molar refractivity (Wildman–Crippen MR) is 77.5 cm³/mol. The van der Waals surface area contributed by atoms with E-state index in [1.807, 2.05) is 38.1 Å². The van der Waals surface area contributed by atoms with Crippen LogP contribution in [-0.2, 0) is 13.0 Å². The highest BCUT2D eigenvalue weighted by atomic mass is 16.5. The van der Waals surface area contributed by atoms with Gasteiger partial charge in [0.05, 0.1) is 0 Å². The normalized spacial score (nSPS) is 10.5. The summed E-state index contributed by atoms with van der Waals surface area (Å²) in [6, 6.07) is 10.1. The Kier molecular flexibility index (Phi) is 4.17. The molecule has 2 aromatic rings. The van der Waals surface area contributed by atoms with Crippen molar-refractivity contribution < 1.29 is 4.74 Å². The van der Waals surface area contributed by atoms with Gasteiger partial charge in [0.25, 0.3) is 0 Å². The minimum Gasteiger partial charge on any atom is -0.438 e. The minimum atomic E-state index is 0.433. The standard InChI is InChI=1S/C16H20N2O/c1-4-13-7-5-6-8-15(13)19-16-14(10-17)11(2)9-12(3)18-16/h5-9H,4,10,17H2,1-3H3. The fourth-order valence-electron chi connectivity index (χ4n) is 2.16. The molecule has 0 radical (unpaired) electrons. The number of para-hydroxylation sites is 1. The maximum Gasteiger partial charge on any atom is 0.224 e. The molecule has 0 aliphatic carbocycles. The van der Waals surface area contributed by atoms with Crippen LogP contribution >= 0.6 is 0 Å². The first-order chi connectivity index (χ1) is 9.15. The highest BCUT2D eigenvalue weighted by Gasteiger charge is 2.11. The van der Waals surface area contributed by atoms with Crippen molar-refractivity contribution >= 4 is 0 Å². The molecule has 0 aliphatic heterocycles. The quantitative estimate of drug-likeness (QED) is 0.910. The molecule has 0 saturated heterocycles. The van der Waals surface area contributed by atoms with E-state index in [4.69, 9.17) is 10.5 Å². The number of aromatic nitrogens is 1. The third kappa shape index (κ3) is 2.93. The van der Waals surface area contributed by atoms with Crippen LogP contribution in [0.25, 0.3) is 0 Å². The second-order valence-electron chi connectivity index (χ2n) is 4.63. The summed E-state index contributed by atoms with van der Waals surface area (Å²) >= 11 is 0. The molecular weight excluding hydrogens is 236 g/mol. The lowest BCUT2D eigenvalue weighted by atomic mass is 10.1. The first-order valence-electron chi connectivity index (χ1n) is 6.58. The van der Waals surface area contributed by atoms with Crippen LogP contribution in [0.15, 0.2) is 30.3 Å². The summed E-state index contributed by atoms with van der Waals surface area (Å²) in [4.78, 5) is 4.47. The molecule has 0 aliphatic rings. The summed E-state index contributed by atoms with van der Waals surface area (Å²) in [5, 5.41) is 0. The predicted octanol–water partition coefficient (Wildman–Crippen LogP) is 3.51. The Balaban J connectivity index is 2.43. The van der Waals surface area contributed by atoms with Gasteiger partial charge in [-0.25, -0.2) is 4.98 Å². The maximum atomic E-state index is 5.99. The molecule has 1 heterocycles. The Morgan fingerprint density at radius 1 is 1.21 bits per heavy atom. The van der Waals surface area contributed by atoms with Crippen LogP contribution in [0.4, 0.5) is 0 Å². The summed E-state index contributed by atoms with van der Waals surface area (Å²) in [6.07, 6.45) is 0.929. The molecule has 1 aromatic heterocycles. The first-order valence-corrected chi connectivity index (χ1v) is 6.58. The number of nitrogens with two attached hydrogens (primary N) is 1. The van der Waals surface area contributed by atoms with E-state index in [-0.39, 0.29) is 0 Å². The van der Waals surface area contributed by atoms with Crippen molar-refractivity contribution in [1.82, 2.24) is 4.98 Å². The fraction of sp³-hybridized carbons (Fsp3) is 0.312. The lowest BCUT2D eigenvalue weighted by molar-refractivity contribution is 0.449. The molecule has 0 spiro atoms. The molecule has 3 nitrogen and oxygen atoms in total. The molecule has 0 amide bonds. The van der Waals surface area contributed by atoms with E-state index >= 15 is 0 Å². The maximum absolute atomic E-state index is 5.99. The van der Waals surface area contributed by atoms with Gasteiger partial charge in [-0.15, -0.1) is 0 Å². The first kappa shape index (κ1) is 13.6. The van der Waals surface area contributed by atoms with E-state index in [1.54, 1.807) is 0 Å². The Labute approximate surface area is 114 Å². The van der Waals surface area contributed by atoms with Crippen molar-refractivity contribution in [1.29, 1.82) is 0 Å². The number of aryl methyl sites for hydroxylation is 3. The van der Waals surface area contributed by atoms with Crippen LogP contribution < -0.4 is 10.5 Å². The minimum absolute atomic E-state index is 0.433. The lowest BCUT2D eigenvalue weighted by Gasteiger charge is -2.14. The van der Waals surface area contributed by atoms with Gasteiger partial charge in [0.2, 0.25) is 5.88 Å². The number of rotatable bonds is 4. The van der Waals surface area contributed by atoms with E-state index in [9.17, 15) is 0 Å². The van der Waals surface area contributed by atoms with Crippen molar-refractivity contribution in [2.75, 3.05) is 0 Å². The highest BCUT2D eigenvalue weighted by molar-refractivity contribution is 5.41. The van der Waals surface area contributed by atoms with E-state index in [1.165, 1.54) is 5.56 Å². The number of hydrogen-bond acceptors (Lipinski definition) is 3. The molecule has 0 bridgehead atoms. The molecule has 3 heteroatoms. The summed E-state index contributed by atoms with van der Waals surface area (Å²) in [6.45, 7) is 6.55. The summed E-state index contributed by atoms with van der Waals surface area (Å²) in [5.41, 5.74) is 10.0. The largest absolute Gasteiger partial charge is 0.438 e. The highest BCUT2D eigenvalue weighted by Crippen LogP contribution is 2.28. The molecule has 0 unspecified atom stereocenters. The zero-order valence-corrected chi connectivity index (χ0v) is 11.7. The third-order valence-corrected chi connectivity index (χ3v) is 3.20. The van der Waals surface area contributed by atoms with Gasteiger partial charge in [-0.2, -0.15) is 0 Å². The smallest absolute Gasteiger partial charge is 0.224 e. The average Bonchev–Trinajstić information content (AvgIpc) is 2.39.